The molecule has 0 radical (unpaired) electrons. The van der Waals surface area contributed by atoms with E-state index in [1.54, 1.807) is 19.9 Å². The minimum Gasteiger partial charge on any atom is -0.373 e. The van der Waals surface area contributed by atoms with E-state index in [0.29, 0.717) is 33.9 Å². The Morgan fingerprint density at radius 1 is 1.31 bits per heavy atom. The van der Waals surface area contributed by atoms with Crippen LogP contribution in [0.15, 0.2) is 45.4 Å². The number of hydrogen-bond donors (Lipinski definition) is 1. The number of aliphatic imine (C=N–C) groups is 1. The summed E-state index contributed by atoms with van der Waals surface area (Å²) in [5.41, 5.74) is 3.70. The van der Waals surface area contributed by atoms with Crippen LogP contribution in [0.5, 0.6) is 0 Å². The number of ketones is 1. The molecule has 0 amide bonds. The number of carbonyl (C=O) groups is 1. The third-order valence-electron chi connectivity index (χ3n) is 7.04. The molecule has 0 bridgehead atoms. The molecule has 1 saturated carbocycles. The van der Waals surface area contributed by atoms with Gasteiger partial charge in [0.05, 0.1) is 18.4 Å². The van der Waals surface area contributed by atoms with Crippen molar-refractivity contribution in [3.63, 3.8) is 0 Å². The van der Waals surface area contributed by atoms with Gasteiger partial charge in [0.15, 0.2) is 5.78 Å². The first-order chi connectivity index (χ1) is 17.2. The summed E-state index contributed by atoms with van der Waals surface area (Å²) in [6.45, 7) is 9.98. The fourth-order valence-electron chi connectivity index (χ4n) is 5.27. The fourth-order valence-corrected chi connectivity index (χ4v) is 5.56. The summed E-state index contributed by atoms with van der Waals surface area (Å²) < 4.78 is 11.2. The fraction of sp³-hybridized carbons (Fsp3) is 0.500. The number of ether oxygens (including phenoxy) is 1. The van der Waals surface area contributed by atoms with E-state index in [-0.39, 0.29) is 17.6 Å². The predicted molar refractivity (Wildman–Crippen MR) is 143 cm³/mol. The predicted octanol–water partition coefficient (Wildman–Crippen LogP) is 6.12. The minimum atomic E-state index is -0.0802. The Hall–Kier alpha value is -2.61. The third kappa shape index (κ3) is 6.02. The zero-order valence-corrected chi connectivity index (χ0v) is 22.5. The molecular formula is C28H35ClN4O3. The average Bonchev–Trinajstić information content (AvgIpc) is 3.57. The molecule has 36 heavy (non-hydrogen) atoms. The lowest BCUT2D eigenvalue weighted by molar-refractivity contribution is -0.111. The smallest absolute Gasteiger partial charge is 0.223 e. The second-order valence-electron chi connectivity index (χ2n) is 9.85. The van der Waals surface area contributed by atoms with Crippen molar-refractivity contribution in [3.05, 3.63) is 52.4 Å². The molecule has 7 nitrogen and oxygen atoms in total. The van der Waals surface area contributed by atoms with Gasteiger partial charge in [-0.2, -0.15) is 4.98 Å². The number of halogens is 1. The maximum atomic E-state index is 12.6. The Morgan fingerprint density at radius 2 is 2.06 bits per heavy atom. The van der Waals surface area contributed by atoms with Crippen LogP contribution >= 0.6 is 11.6 Å². The molecule has 192 valence electrons. The van der Waals surface area contributed by atoms with E-state index in [0.717, 1.165) is 29.9 Å². The van der Waals surface area contributed by atoms with E-state index < -0.39 is 0 Å². The highest BCUT2D eigenvalue weighted by Crippen LogP contribution is 2.41. The van der Waals surface area contributed by atoms with Gasteiger partial charge in [-0.25, -0.2) is 0 Å². The quantitative estimate of drug-likeness (QED) is 0.261. The van der Waals surface area contributed by atoms with Gasteiger partial charge in [0, 0.05) is 40.4 Å². The second kappa shape index (κ2) is 11.2. The van der Waals surface area contributed by atoms with Crippen molar-refractivity contribution in [1.29, 1.82) is 0 Å². The van der Waals surface area contributed by atoms with Gasteiger partial charge in [0.2, 0.25) is 11.7 Å². The molecule has 1 spiro atoms. The van der Waals surface area contributed by atoms with E-state index in [2.05, 4.69) is 22.4 Å². The van der Waals surface area contributed by atoms with Crippen molar-refractivity contribution < 1.29 is 14.1 Å². The molecule has 8 heteroatoms. The molecule has 1 aliphatic heterocycles. The van der Waals surface area contributed by atoms with Gasteiger partial charge in [-0.05, 0) is 64.7 Å². The number of allylic oxidation sites excluding steroid dienone is 4. The van der Waals surface area contributed by atoms with Crippen molar-refractivity contribution in [3.8, 4) is 11.4 Å². The summed E-state index contributed by atoms with van der Waals surface area (Å²) in [4.78, 5) is 21.8. The van der Waals surface area contributed by atoms with Gasteiger partial charge in [-0.1, -0.05) is 47.8 Å². The minimum absolute atomic E-state index is 0.0689. The van der Waals surface area contributed by atoms with E-state index in [4.69, 9.17) is 25.9 Å². The third-order valence-corrected chi connectivity index (χ3v) is 7.35. The SMILES string of the molecule is C/C=C(/C=C(\C(C)=O)c1ccc(-c2noc(C)n2)cc1Cl)C(\C)=N/C(C)NC1COC2(CCCC2)C1. The maximum absolute atomic E-state index is 12.6. The summed E-state index contributed by atoms with van der Waals surface area (Å²) in [5.74, 6) is 0.854. The summed E-state index contributed by atoms with van der Waals surface area (Å²) in [6, 6.07) is 5.72. The number of benzene rings is 1. The van der Waals surface area contributed by atoms with Crippen LogP contribution in [0.25, 0.3) is 17.0 Å². The Morgan fingerprint density at radius 3 is 2.67 bits per heavy atom. The van der Waals surface area contributed by atoms with Crippen LogP contribution in [-0.4, -0.2) is 46.1 Å². The molecule has 1 aliphatic carbocycles. The van der Waals surface area contributed by atoms with E-state index >= 15 is 0 Å². The molecule has 2 heterocycles. The van der Waals surface area contributed by atoms with Gasteiger partial charge >= 0.3 is 0 Å². The first-order valence-electron chi connectivity index (χ1n) is 12.6. The lowest BCUT2D eigenvalue weighted by Crippen LogP contribution is -2.37. The molecule has 1 N–H and O–H groups in total. The van der Waals surface area contributed by atoms with Gasteiger partial charge in [-0.3, -0.25) is 15.1 Å². The average molecular weight is 511 g/mol. The molecule has 1 aromatic carbocycles. The van der Waals surface area contributed by atoms with Gasteiger partial charge < -0.3 is 9.26 Å². The first-order valence-corrected chi connectivity index (χ1v) is 13.0. The molecule has 1 saturated heterocycles. The normalized spacial score (nSPS) is 21.4. The van der Waals surface area contributed by atoms with Crippen molar-refractivity contribution in [2.45, 2.75) is 84.5 Å². The highest BCUT2D eigenvalue weighted by atomic mass is 35.5. The highest BCUT2D eigenvalue weighted by Gasteiger charge is 2.42. The molecule has 2 aliphatic rings. The molecule has 2 atom stereocenters. The molecule has 4 rings (SSSR count). The zero-order chi connectivity index (χ0) is 25.9. The van der Waals surface area contributed by atoms with Crippen LogP contribution in [0.2, 0.25) is 5.02 Å². The van der Waals surface area contributed by atoms with Crippen LogP contribution in [0, 0.1) is 6.92 Å². The standard InChI is InChI=1S/C28H35ClN4O3/c1-6-21(17(2)30-19(4)31-23-15-28(35-16-23)11-7-8-12-28)13-25(18(3)34)24-10-9-22(14-26(24)29)27-32-20(5)36-33-27/h6,9-10,13-14,19,23,31H,7-8,11-12,15-16H2,1-5H3/b21-6-,25-13+,30-17-. The van der Waals surface area contributed by atoms with Gasteiger partial charge in [0.1, 0.15) is 0 Å². The van der Waals surface area contributed by atoms with Gasteiger partial charge in [0.25, 0.3) is 0 Å². The first kappa shape index (κ1) is 26.5. The Labute approximate surface area is 218 Å². The van der Waals surface area contributed by atoms with Crippen molar-refractivity contribution in [2.75, 3.05) is 6.61 Å². The summed E-state index contributed by atoms with van der Waals surface area (Å²) >= 11 is 6.61. The lowest BCUT2D eigenvalue weighted by atomic mass is 9.96. The van der Waals surface area contributed by atoms with E-state index in [1.807, 2.05) is 38.1 Å². The molecule has 2 unspecified atom stereocenters. The van der Waals surface area contributed by atoms with Crippen LogP contribution in [0.4, 0.5) is 0 Å². The number of aromatic nitrogens is 2. The molecule has 2 aromatic rings. The van der Waals surface area contributed by atoms with Crippen molar-refractivity contribution in [1.82, 2.24) is 15.5 Å². The summed E-state index contributed by atoms with van der Waals surface area (Å²) in [5, 5.41) is 8.00. The second-order valence-corrected chi connectivity index (χ2v) is 10.3. The summed E-state index contributed by atoms with van der Waals surface area (Å²) in [6.07, 6.45) is 9.67. The Balaban J connectivity index is 1.50. The lowest BCUT2D eigenvalue weighted by Gasteiger charge is -2.22. The summed E-state index contributed by atoms with van der Waals surface area (Å²) in [7, 11) is 0. The van der Waals surface area contributed by atoms with Crippen molar-refractivity contribution >= 4 is 28.7 Å². The van der Waals surface area contributed by atoms with Crippen molar-refractivity contribution in [2.24, 2.45) is 4.99 Å². The van der Waals surface area contributed by atoms with Crippen LogP contribution < -0.4 is 5.32 Å². The Bertz CT molecular complexity index is 1210. The van der Waals surface area contributed by atoms with E-state index in [1.165, 1.54) is 25.7 Å². The molecule has 1 aromatic heterocycles. The number of Topliss-reactive ketones (excluding diaryl/α,β-unsaturated/α-hetero) is 1. The van der Waals surface area contributed by atoms with Crippen LogP contribution in [-0.2, 0) is 9.53 Å². The number of aryl methyl sites for hydroxylation is 1. The van der Waals surface area contributed by atoms with Crippen LogP contribution in [0.1, 0.15) is 71.3 Å². The number of nitrogens with one attached hydrogen (secondary N) is 1. The molecule has 2 fully saturated rings. The Kier molecular flexibility index (Phi) is 8.23. The number of hydrogen-bond acceptors (Lipinski definition) is 7. The number of rotatable bonds is 8. The van der Waals surface area contributed by atoms with E-state index in [9.17, 15) is 4.79 Å². The largest absolute Gasteiger partial charge is 0.373 e. The number of nitrogens with zero attached hydrogens (tertiary/aromatic N) is 3. The highest BCUT2D eigenvalue weighted by molar-refractivity contribution is 6.35. The topological polar surface area (TPSA) is 89.6 Å². The molecular weight excluding hydrogens is 476 g/mol. The van der Waals surface area contributed by atoms with Gasteiger partial charge in [-0.15, -0.1) is 0 Å². The zero-order valence-electron chi connectivity index (χ0n) is 21.7. The van der Waals surface area contributed by atoms with Crippen LogP contribution in [0.3, 0.4) is 0 Å². The number of carbonyl (C=O) groups excluding carboxylic acids is 1. The monoisotopic (exact) mass is 510 g/mol. The maximum Gasteiger partial charge on any atom is 0.223 e.